The van der Waals surface area contributed by atoms with Gasteiger partial charge in [0.15, 0.2) is 12.4 Å². The fraction of sp³-hybridized carbons (Fsp3) is 0.118. The summed E-state index contributed by atoms with van der Waals surface area (Å²) in [5.41, 5.74) is 1.26. The van der Waals surface area contributed by atoms with Gasteiger partial charge in [0, 0.05) is 17.4 Å². The van der Waals surface area contributed by atoms with Gasteiger partial charge in [0.1, 0.15) is 11.6 Å². The van der Waals surface area contributed by atoms with E-state index in [1.165, 1.54) is 4.68 Å². The lowest BCUT2D eigenvalue weighted by Gasteiger charge is -2.08. The average Bonchev–Trinajstić information content (AvgIpc) is 3.03. The third kappa shape index (κ3) is 4.49. The number of aryl methyl sites for hydroxylation is 1. The van der Waals surface area contributed by atoms with Crippen LogP contribution >= 0.6 is 23.2 Å². The minimum Gasteiger partial charge on any atom is -0.470 e. The summed E-state index contributed by atoms with van der Waals surface area (Å²) < 4.78 is 7.06. The van der Waals surface area contributed by atoms with Crippen LogP contribution in [0.2, 0.25) is 10.0 Å². The van der Waals surface area contributed by atoms with Crippen LogP contribution in [0.3, 0.4) is 0 Å². The smallest absolute Gasteiger partial charge is 0.277 e. The Morgan fingerprint density at radius 2 is 2.08 bits per heavy atom. The molecule has 0 radical (unpaired) electrons. The number of hydrogen-bond donors (Lipinski definition) is 1. The molecule has 0 unspecified atom stereocenters. The molecule has 0 aliphatic rings. The monoisotopic (exact) mass is 376 g/mol. The quantitative estimate of drug-likeness (QED) is 0.724. The van der Waals surface area contributed by atoms with Crippen molar-refractivity contribution < 1.29 is 9.53 Å². The number of ether oxygens (including phenoxy) is 1. The van der Waals surface area contributed by atoms with E-state index in [1.54, 1.807) is 42.7 Å². The zero-order chi connectivity index (χ0) is 17.8. The molecule has 0 atom stereocenters. The molecule has 1 N–H and O–H groups in total. The first-order chi connectivity index (χ1) is 12.0. The Balaban J connectivity index is 1.62. The highest BCUT2D eigenvalue weighted by atomic mass is 35.5. The number of carbonyl (C=O) groups is 1. The molecule has 128 valence electrons. The van der Waals surface area contributed by atoms with Crippen LogP contribution in [0.4, 0.5) is 5.82 Å². The molecule has 1 aromatic carbocycles. The van der Waals surface area contributed by atoms with E-state index in [0.717, 1.165) is 5.56 Å². The van der Waals surface area contributed by atoms with E-state index in [-0.39, 0.29) is 18.3 Å². The Morgan fingerprint density at radius 3 is 2.84 bits per heavy atom. The van der Waals surface area contributed by atoms with Crippen molar-refractivity contribution >= 4 is 34.9 Å². The van der Waals surface area contributed by atoms with E-state index in [2.05, 4.69) is 15.4 Å². The first-order valence-electron chi connectivity index (χ1n) is 7.36. The second kappa shape index (κ2) is 7.55. The van der Waals surface area contributed by atoms with Gasteiger partial charge in [-0.2, -0.15) is 5.10 Å². The summed E-state index contributed by atoms with van der Waals surface area (Å²) >= 11 is 11.9. The first kappa shape index (κ1) is 17.3. The summed E-state index contributed by atoms with van der Waals surface area (Å²) in [5, 5.41) is 7.81. The van der Waals surface area contributed by atoms with Crippen molar-refractivity contribution in [1.82, 2.24) is 14.8 Å². The summed E-state index contributed by atoms with van der Waals surface area (Å²) in [6.45, 7) is 2.03. The van der Waals surface area contributed by atoms with Gasteiger partial charge in [0.2, 0.25) is 0 Å². The van der Waals surface area contributed by atoms with Crippen molar-refractivity contribution in [3.63, 3.8) is 0 Å². The molecular formula is C17H14Cl2N4O2. The van der Waals surface area contributed by atoms with Gasteiger partial charge in [0.05, 0.1) is 5.02 Å². The number of hydrogen-bond acceptors (Lipinski definition) is 4. The average molecular weight is 377 g/mol. The third-order valence-electron chi connectivity index (χ3n) is 3.28. The molecule has 0 aliphatic heterocycles. The molecule has 8 heteroatoms. The maximum absolute atomic E-state index is 12.2. The van der Waals surface area contributed by atoms with Crippen molar-refractivity contribution in [3.8, 4) is 5.75 Å². The largest absolute Gasteiger partial charge is 0.470 e. The third-order valence-corrected chi connectivity index (χ3v) is 3.81. The zero-order valence-corrected chi connectivity index (χ0v) is 14.8. The number of nitrogens with zero attached hydrogens (tertiary/aromatic N) is 3. The number of carbonyl (C=O) groups excluding carboxylic acids is 1. The molecule has 0 bridgehead atoms. The van der Waals surface area contributed by atoms with Gasteiger partial charge in [-0.25, -0.2) is 9.67 Å². The summed E-state index contributed by atoms with van der Waals surface area (Å²) in [6.07, 6.45) is 3.27. The van der Waals surface area contributed by atoms with Crippen LogP contribution < -0.4 is 10.1 Å². The van der Waals surface area contributed by atoms with Crippen LogP contribution in [-0.2, 0) is 6.73 Å². The van der Waals surface area contributed by atoms with Crippen LogP contribution in [0.15, 0.2) is 48.8 Å². The summed E-state index contributed by atoms with van der Waals surface area (Å²) in [6, 6.07) is 10.2. The van der Waals surface area contributed by atoms with Crippen molar-refractivity contribution in [2.75, 3.05) is 5.32 Å². The maximum atomic E-state index is 12.2. The Morgan fingerprint density at radius 1 is 1.24 bits per heavy atom. The fourth-order valence-electron chi connectivity index (χ4n) is 2.07. The summed E-state index contributed by atoms with van der Waals surface area (Å²) in [5.74, 6) is 0.613. The molecule has 0 saturated heterocycles. The highest BCUT2D eigenvalue weighted by Crippen LogP contribution is 2.27. The van der Waals surface area contributed by atoms with Gasteiger partial charge in [-0.05, 0) is 48.9 Å². The van der Waals surface area contributed by atoms with Gasteiger partial charge >= 0.3 is 0 Å². The van der Waals surface area contributed by atoms with Crippen molar-refractivity contribution in [1.29, 1.82) is 0 Å². The highest BCUT2D eigenvalue weighted by molar-refractivity contribution is 6.35. The topological polar surface area (TPSA) is 69.0 Å². The molecule has 3 aromatic rings. The van der Waals surface area contributed by atoms with Gasteiger partial charge < -0.3 is 10.1 Å². The molecule has 25 heavy (non-hydrogen) atoms. The molecule has 0 fully saturated rings. The number of nitrogens with one attached hydrogen (secondary N) is 1. The SMILES string of the molecule is Cc1ccnc(NC(=O)c2ccn(COc3ccc(Cl)cc3Cl)n2)c1. The molecule has 0 saturated carbocycles. The van der Waals surface area contributed by atoms with E-state index in [0.29, 0.717) is 21.6 Å². The lowest BCUT2D eigenvalue weighted by atomic mass is 10.3. The minimum absolute atomic E-state index is 0.108. The molecule has 1 amide bonds. The van der Waals surface area contributed by atoms with Crippen LogP contribution in [0.5, 0.6) is 5.75 Å². The predicted octanol–water partition coefficient (Wildman–Crippen LogP) is 4.18. The second-order valence-electron chi connectivity index (χ2n) is 5.26. The van der Waals surface area contributed by atoms with E-state index in [4.69, 9.17) is 27.9 Å². The fourth-order valence-corrected chi connectivity index (χ4v) is 2.53. The van der Waals surface area contributed by atoms with Gasteiger partial charge in [-0.3, -0.25) is 4.79 Å². The molecule has 3 rings (SSSR count). The van der Waals surface area contributed by atoms with Crippen molar-refractivity contribution in [2.45, 2.75) is 13.7 Å². The van der Waals surface area contributed by atoms with Crippen LogP contribution in [0.1, 0.15) is 16.1 Å². The molecule has 2 aromatic heterocycles. The number of amides is 1. The van der Waals surface area contributed by atoms with E-state index in [9.17, 15) is 4.79 Å². The summed E-state index contributed by atoms with van der Waals surface area (Å²) in [4.78, 5) is 16.3. The highest BCUT2D eigenvalue weighted by Gasteiger charge is 2.11. The van der Waals surface area contributed by atoms with Crippen LogP contribution in [0.25, 0.3) is 0 Å². The molecule has 0 aliphatic carbocycles. The number of anilines is 1. The number of benzene rings is 1. The number of aromatic nitrogens is 3. The van der Waals surface area contributed by atoms with Crippen LogP contribution in [-0.4, -0.2) is 20.7 Å². The Labute approximate surface area is 154 Å². The number of halogens is 2. The van der Waals surface area contributed by atoms with Crippen molar-refractivity contribution in [3.05, 3.63) is 70.1 Å². The number of pyridine rings is 1. The van der Waals surface area contributed by atoms with Crippen molar-refractivity contribution in [2.24, 2.45) is 0 Å². The van der Waals surface area contributed by atoms with Gasteiger partial charge in [-0.1, -0.05) is 23.2 Å². The Kier molecular flexibility index (Phi) is 5.21. The first-order valence-corrected chi connectivity index (χ1v) is 8.12. The molecule has 2 heterocycles. The van der Waals surface area contributed by atoms with Crippen LogP contribution in [0, 0.1) is 6.92 Å². The number of rotatable bonds is 5. The maximum Gasteiger partial charge on any atom is 0.277 e. The lowest BCUT2D eigenvalue weighted by molar-refractivity contribution is 0.102. The Bertz CT molecular complexity index is 911. The molecule has 6 nitrogen and oxygen atoms in total. The molecule has 0 spiro atoms. The Hall–Kier alpha value is -2.57. The van der Waals surface area contributed by atoms with E-state index in [1.807, 2.05) is 13.0 Å². The predicted molar refractivity (Wildman–Crippen MR) is 96.2 cm³/mol. The lowest BCUT2D eigenvalue weighted by Crippen LogP contribution is -2.15. The standard InChI is InChI=1S/C17H14Cl2N4O2/c1-11-4-6-20-16(8-11)21-17(24)14-5-7-23(22-14)10-25-15-3-2-12(18)9-13(15)19/h2-9H,10H2,1H3,(H,20,21,24). The van der Waals surface area contributed by atoms with Gasteiger partial charge in [-0.15, -0.1) is 0 Å². The second-order valence-corrected chi connectivity index (χ2v) is 6.10. The summed E-state index contributed by atoms with van der Waals surface area (Å²) in [7, 11) is 0. The zero-order valence-electron chi connectivity index (χ0n) is 13.2. The molecular weight excluding hydrogens is 363 g/mol. The normalized spacial score (nSPS) is 10.5. The minimum atomic E-state index is -0.346. The van der Waals surface area contributed by atoms with E-state index < -0.39 is 0 Å². The van der Waals surface area contributed by atoms with Gasteiger partial charge in [0.25, 0.3) is 5.91 Å². The van der Waals surface area contributed by atoms with E-state index >= 15 is 0 Å².